The molecule has 5 nitrogen and oxygen atoms in total. The average molecular weight is 413 g/mol. The number of esters is 1. The molecular weight excluding hydrogens is 390 g/mol. The third-order valence-corrected chi connectivity index (χ3v) is 6.70. The van der Waals surface area contributed by atoms with Gasteiger partial charge in [-0.25, -0.2) is 9.69 Å². The second-order valence-corrected chi connectivity index (χ2v) is 8.18. The van der Waals surface area contributed by atoms with Crippen LogP contribution in [-0.2, 0) is 14.3 Å². The Balaban J connectivity index is 1.54. The van der Waals surface area contributed by atoms with Crippen molar-refractivity contribution in [1.29, 1.82) is 0 Å². The predicted molar refractivity (Wildman–Crippen MR) is 117 cm³/mol. The maximum Gasteiger partial charge on any atom is 0.340 e. The lowest BCUT2D eigenvalue weighted by Gasteiger charge is -2.21. The number of amides is 2. The molecule has 31 heavy (non-hydrogen) atoms. The van der Waals surface area contributed by atoms with E-state index in [0.29, 0.717) is 5.69 Å². The van der Waals surface area contributed by atoms with E-state index in [1.165, 1.54) is 10.5 Å². The summed E-state index contributed by atoms with van der Waals surface area (Å²) in [6.45, 7) is 4.02. The monoisotopic (exact) mass is 413 g/mol. The molecular formula is C26H23NO4. The van der Waals surface area contributed by atoms with Gasteiger partial charge in [-0.3, -0.25) is 9.59 Å². The molecule has 2 bridgehead atoms. The Hall–Kier alpha value is -3.47. The Kier molecular flexibility index (Phi) is 4.62. The van der Waals surface area contributed by atoms with E-state index in [4.69, 9.17) is 4.74 Å². The second-order valence-electron chi connectivity index (χ2n) is 8.18. The molecule has 2 fully saturated rings. The van der Waals surface area contributed by atoms with Crippen LogP contribution in [0.25, 0.3) is 5.57 Å². The number of hydrogen-bond donors (Lipinski definition) is 0. The molecule has 2 aliphatic carbocycles. The smallest absolute Gasteiger partial charge is 0.340 e. The Morgan fingerprint density at radius 1 is 0.903 bits per heavy atom. The van der Waals surface area contributed by atoms with Gasteiger partial charge in [-0.05, 0) is 37.1 Å². The van der Waals surface area contributed by atoms with E-state index in [-0.39, 0.29) is 35.8 Å². The molecule has 3 aliphatic rings. The highest BCUT2D eigenvalue weighted by Crippen LogP contribution is 2.58. The van der Waals surface area contributed by atoms with Crippen LogP contribution in [0.3, 0.4) is 0 Å². The Morgan fingerprint density at radius 3 is 2.10 bits per heavy atom. The third kappa shape index (κ3) is 2.80. The number of ether oxygens (including phenoxy) is 1. The topological polar surface area (TPSA) is 63.7 Å². The van der Waals surface area contributed by atoms with Gasteiger partial charge in [0.1, 0.15) is 0 Å². The molecule has 0 unspecified atom stereocenters. The summed E-state index contributed by atoms with van der Waals surface area (Å²) in [7, 11) is 0. The van der Waals surface area contributed by atoms with Crippen LogP contribution >= 0.6 is 0 Å². The summed E-state index contributed by atoms with van der Waals surface area (Å²) < 4.78 is 5.14. The van der Waals surface area contributed by atoms with Gasteiger partial charge in [-0.15, -0.1) is 0 Å². The molecule has 156 valence electrons. The van der Waals surface area contributed by atoms with Gasteiger partial charge in [-0.2, -0.15) is 0 Å². The van der Waals surface area contributed by atoms with E-state index >= 15 is 0 Å². The summed E-state index contributed by atoms with van der Waals surface area (Å²) in [5.41, 5.74) is 3.97. The minimum Gasteiger partial charge on any atom is -0.462 e. The Labute approximate surface area is 181 Å². The van der Waals surface area contributed by atoms with Crippen molar-refractivity contribution in [3.05, 3.63) is 83.4 Å². The number of carbonyl (C=O) groups is 3. The van der Waals surface area contributed by atoms with Crippen LogP contribution in [0, 0.1) is 23.7 Å². The number of fused-ring (bicyclic) bond motifs is 5. The van der Waals surface area contributed by atoms with E-state index in [2.05, 4.69) is 31.2 Å². The molecule has 2 aromatic rings. The number of nitrogens with zero attached hydrogens (tertiary/aromatic N) is 1. The molecule has 2 amide bonds. The van der Waals surface area contributed by atoms with Crippen molar-refractivity contribution in [3.8, 4) is 0 Å². The molecule has 0 spiro atoms. The van der Waals surface area contributed by atoms with E-state index in [1.54, 1.807) is 31.2 Å². The van der Waals surface area contributed by atoms with Crippen molar-refractivity contribution in [3.63, 3.8) is 0 Å². The number of imide groups is 1. The first-order valence-electron chi connectivity index (χ1n) is 10.6. The summed E-state index contributed by atoms with van der Waals surface area (Å²) in [5, 5.41) is 0. The van der Waals surface area contributed by atoms with Crippen molar-refractivity contribution >= 4 is 29.0 Å². The Bertz CT molecular complexity index is 1110. The van der Waals surface area contributed by atoms with Crippen LogP contribution in [0.15, 0.2) is 72.3 Å². The maximum absolute atomic E-state index is 13.5. The van der Waals surface area contributed by atoms with Crippen LogP contribution in [-0.4, -0.2) is 24.4 Å². The van der Waals surface area contributed by atoms with Crippen LogP contribution in [0.5, 0.6) is 0 Å². The van der Waals surface area contributed by atoms with Crippen molar-refractivity contribution < 1.29 is 19.1 Å². The first-order chi connectivity index (χ1) is 15.0. The van der Waals surface area contributed by atoms with E-state index in [9.17, 15) is 14.4 Å². The van der Waals surface area contributed by atoms with E-state index in [1.807, 2.05) is 18.2 Å². The molecule has 0 N–H and O–H groups in total. The van der Waals surface area contributed by atoms with E-state index < -0.39 is 17.8 Å². The van der Waals surface area contributed by atoms with Crippen molar-refractivity contribution in [2.75, 3.05) is 11.5 Å². The fourth-order valence-electron chi connectivity index (χ4n) is 5.41. The zero-order valence-corrected chi connectivity index (χ0v) is 17.4. The number of hydrogen-bond acceptors (Lipinski definition) is 4. The molecule has 5 heteroatoms. The SMILES string of the molecule is CCOC(=O)c1ccccc1N1C(=O)[C@@H]2[C@H](C1=O)[C@H]1C=C[C@H]2C1=C(C)c1ccccc1. The normalized spacial score (nSPS) is 27.6. The summed E-state index contributed by atoms with van der Waals surface area (Å²) in [6.07, 6.45) is 4.14. The molecule has 1 saturated heterocycles. The summed E-state index contributed by atoms with van der Waals surface area (Å²) in [5.74, 6) is -2.03. The lowest BCUT2D eigenvalue weighted by molar-refractivity contribution is -0.122. The van der Waals surface area contributed by atoms with Crippen LogP contribution in [0.2, 0.25) is 0 Å². The van der Waals surface area contributed by atoms with Gasteiger partial charge < -0.3 is 4.74 Å². The third-order valence-electron chi connectivity index (χ3n) is 6.70. The number of allylic oxidation sites excluding steroid dienone is 4. The van der Waals surface area contributed by atoms with Crippen molar-refractivity contribution in [2.24, 2.45) is 23.7 Å². The van der Waals surface area contributed by atoms with Crippen LogP contribution < -0.4 is 4.90 Å². The molecule has 2 aromatic carbocycles. The summed E-state index contributed by atoms with van der Waals surface area (Å²) >= 11 is 0. The largest absolute Gasteiger partial charge is 0.462 e. The number of benzene rings is 2. The lowest BCUT2D eigenvalue weighted by atomic mass is 9.85. The quantitative estimate of drug-likeness (QED) is 0.427. The van der Waals surface area contributed by atoms with Gasteiger partial charge in [0.2, 0.25) is 11.8 Å². The number of rotatable bonds is 4. The van der Waals surface area contributed by atoms with Gasteiger partial charge in [0.15, 0.2) is 0 Å². The van der Waals surface area contributed by atoms with Crippen molar-refractivity contribution in [2.45, 2.75) is 13.8 Å². The number of anilines is 1. The Morgan fingerprint density at radius 2 is 1.48 bits per heavy atom. The summed E-state index contributed by atoms with van der Waals surface area (Å²) in [4.78, 5) is 40.7. The van der Waals surface area contributed by atoms with Gasteiger partial charge in [0.05, 0.1) is 29.7 Å². The highest BCUT2D eigenvalue weighted by molar-refractivity contribution is 6.25. The number of carbonyl (C=O) groups excluding carboxylic acids is 3. The maximum atomic E-state index is 13.5. The zero-order chi connectivity index (χ0) is 21.7. The molecule has 5 rings (SSSR count). The summed E-state index contributed by atoms with van der Waals surface area (Å²) in [6, 6.07) is 16.8. The van der Waals surface area contributed by atoms with Gasteiger partial charge in [0.25, 0.3) is 0 Å². The minimum atomic E-state index is -0.530. The van der Waals surface area contributed by atoms with E-state index in [0.717, 1.165) is 11.1 Å². The molecule has 4 atom stereocenters. The predicted octanol–water partition coefficient (Wildman–Crippen LogP) is 4.26. The standard InChI is InChI=1S/C26H23NO4/c1-3-31-26(30)17-11-7-8-12-20(17)27-24(28)22-18-13-14-19(23(22)25(27)29)21(18)15(2)16-9-5-4-6-10-16/h4-14,18-19,22-23H,3H2,1-2H3/t18-,19-,22-,23+/m0/s1. The van der Waals surface area contributed by atoms with Crippen LogP contribution in [0.4, 0.5) is 5.69 Å². The molecule has 1 saturated carbocycles. The average Bonchev–Trinajstić information content (AvgIpc) is 3.43. The lowest BCUT2D eigenvalue weighted by Crippen LogP contribution is -2.34. The number of para-hydroxylation sites is 1. The highest BCUT2D eigenvalue weighted by Gasteiger charge is 2.62. The van der Waals surface area contributed by atoms with Crippen molar-refractivity contribution in [1.82, 2.24) is 0 Å². The van der Waals surface area contributed by atoms with Gasteiger partial charge in [0, 0.05) is 11.8 Å². The molecule has 1 heterocycles. The molecule has 0 aromatic heterocycles. The zero-order valence-electron chi connectivity index (χ0n) is 17.4. The molecule has 0 radical (unpaired) electrons. The highest BCUT2D eigenvalue weighted by atomic mass is 16.5. The first kappa shape index (κ1) is 19.5. The first-order valence-corrected chi connectivity index (χ1v) is 10.6. The fraction of sp³-hybridized carbons (Fsp3) is 0.269. The minimum absolute atomic E-state index is 0.0913. The van der Waals surface area contributed by atoms with Gasteiger partial charge in [-0.1, -0.05) is 60.2 Å². The fourth-order valence-corrected chi connectivity index (χ4v) is 5.41. The molecule has 1 aliphatic heterocycles. The van der Waals surface area contributed by atoms with Crippen LogP contribution in [0.1, 0.15) is 29.8 Å². The second kappa shape index (κ2) is 7.34. The van der Waals surface area contributed by atoms with Gasteiger partial charge >= 0.3 is 5.97 Å².